The van der Waals surface area contributed by atoms with Crippen molar-refractivity contribution in [1.82, 2.24) is 10.6 Å². The zero-order chi connectivity index (χ0) is 22.5. The van der Waals surface area contributed by atoms with E-state index >= 15 is 0 Å². The molecule has 1 aliphatic carbocycles. The van der Waals surface area contributed by atoms with E-state index in [1.807, 2.05) is 37.3 Å². The molecule has 3 N–H and O–H groups in total. The molecule has 2 aromatic rings. The Labute approximate surface area is 190 Å². The highest BCUT2D eigenvalue weighted by Gasteiger charge is 2.28. The smallest absolute Gasteiger partial charge is 0.237 e. The maximum atomic E-state index is 12.8. The van der Waals surface area contributed by atoms with Crippen LogP contribution in [0.4, 0.5) is 5.69 Å². The number of methoxy groups -OCH3 is 1. The second-order valence-corrected chi connectivity index (χ2v) is 9.06. The summed E-state index contributed by atoms with van der Waals surface area (Å²) in [7, 11) is 1.61. The molecule has 2 aromatic carbocycles. The number of nitrogens with one attached hydrogen (secondary N) is 3. The van der Waals surface area contributed by atoms with E-state index in [0.29, 0.717) is 18.2 Å². The summed E-state index contributed by atoms with van der Waals surface area (Å²) in [6.07, 6.45) is 4.32. The first-order valence-corrected chi connectivity index (χ1v) is 11.6. The molecule has 170 valence electrons. The molecule has 0 spiro atoms. The van der Waals surface area contributed by atoms with Gasteiger partial charge in [0.1, 0.15) is 5.75 Å². The summed E-state index contributed by atoms with van der Waals surface area (Å²) in [6.45, 7) is 3.41. The van der Waals surface area contributed by atoms with Gasteiger partial charge in [-0.3, -0.25) is 9.59 Å². The molecule has 2 amide bonds. The minimum atomic E-state index is -0.170. The first-order valence-electron chi connectivity index (χ1n) is 11.6. The van der Waals surface area contributed by atoms with Crippen LogP contribution in [-0.4, -0.2) is 31.5 Å². The highest BCUT2D eigenvalue weighted by atomic mass is 16.5. The number of carbonyl (C=O) groups excluding carboxylic acids is 2. The van der Waals surface area contributed by atoms with Crippen molar-refractivity contribution in [3.63, 3.8) is 0 Å². The van der Waals surface area contributed by atoms with Crippen molar-refractivity contribution >= 4 is 17.5 Å². The van der Waals surface area contributed by atoms with Gasteiger partial charge in [-0.2, -0.15) is 0 Å². The maximum absolute atomic E-state index is 12.8. The number of rotatable bonds is 6. The molecule has 2 aliphatic rings. The molecule has 6 nitrogen and oxygen atoms in total. The van der Waals surface area contributed by atoms with Crippen molar-refractivity contribution in [2.45, 2.75) is 51.6 Å². The fraction of sp³-hybridized carbons (Fsp3) is 0.462. The van der Waals surface area contributed by atoms with Crippen molar-refractivity contribution in [1.29, 1.82) is 0 Å². The van der Waals surface area contributed by atoms with Gasteiger partial charge in [0.15, 0.2) is 0 Å². The Morgan fingerprint density at radius 1 is 1.03 bits per heavy atom. The largest absolute Gasteiger partial charge is 0.495 e. The highest BCUT2D eigenvalue weighted by molar-refractivity contribution is 5.94. The van der Waals surface area contributed by atoms with Crippen LogP contribution in [0.15, 0.2) is 42.5 Å². The maximum Gasteiger partial charge on any atom is 0.237 e. The number of aryl methyl sites for hydroxylation is 1. The van der Waals surface area contributed by atoms with Crippen molar-refractivity contribution < 1.29 is 14.3 Å². The second-order valence-electron chi connectivity index (χ2n) is 9.06. The fourth-order valence-corrected chi connectivity index (χ4v) is 4.79. The lowest BCUT2D eigenvalue weighted by atomic mass is 9.81. The van der Waals surface area contributed by atoms with Crippen LogP contribution in [0.2, 0.25) is 0 Å². The molecule has 1 atom stereocenters. The van der Waals surface area contributed by atoms with Gasteiger partial charge in [0.05, 0.1) is 18.8 Å². The number of fused-ring (bicyclic) bond motifs is 1. The molecule has 0 radical (unpaired) electrons. The number of amides is 2. The lowest BCUT2D eigenvalue weighted by Gasteiger charge is -2.29. The van der Waals surface area contributed by atoms with Crippen LogP contribution in [0.5, 0.6) is 5.75 Å². The SMILES string of the molecule is COc1ccc(C)cc1NC(=O)C1CCC(CNC(=O)C2Cc3ccccc3CN2)CC1. The third-order valence-electron chi connectivity index (χ3n) is 6.79. The summed E-state index contributed by atoms with van der Waals surface area (Å²) in [6, 6.07) is 13.9. The van der Waals surface area contributed by atoms with Gasteiger partial charge in [0.2, 0.25) is 11.8 Å². The summed E-state index contributed by atoms with van der Waals surface area (Å²) in [5.74, 6) is 1.24. The number of hydrogen-bond acceptors (Lipinski definition) is 4. The highest BCUT2D eigenvalue weighted by Crippen LogP contribution is 2.31. The van der Waals surface area contributed by atoms with Crippen molar-refractivity contribution in [3.05, 3.63) is 59.2 Å². The fourth-order valence-electron chi connectivity index (χ4n) is 4.79. The van der Waals surface area contributed by atoms with Gasteiger partial charge in [-0.15, -0.1) is 0 Å². The summed E-state index contributed by atoms with van der Waals surface area (Å²) < 4.78 is 5.37. The summed E-state index contributed by atoms with van der Waals surface area (Å²) in [5, 5.41) is 9.53. The number of ether oxygens (including phenoxy) is 1. The Morgan fingerprint density at radius 3 is 2.53 bits per heavy atom. The molecule has 1 aliphatic heterocycles. The molecular weight excluding hydrogens is 402 g/mol. The van der Waals surface area contributed by atoms with Crippen molar-refractivity contribution in [3.8, 4) is 5.75 Å². The van der Waals surface area contributed by atoms with E-state index in [9.17, 15) is 9.59 Å². The lowest BCUT2D eigenvalue weighted by Crippen LogP contribution is -2.48. The third kappa shape index (κ3) is 5.30. The molecule has 1 saturated carbocycles. The van der Waals surface area contributed by atoms with Crippen LogP contribution in [0.25, 0.3) is 0 Å². The third-order valence-corrected chi connectivity index (χ3v) is 6.79. The first-order chi connectivity index (χ1) is 15.5. The molecule has 6 heteroatoms. The van der Waals surface area contributed by atoms with Gasteiger partial charge in [0.25, 0.3) is 0 Å². The molecule has 4 rings (SSSR count). The zero-order valence-corrected chi connectivity index (χ0v) is 18.9. The summed E-state index contributed by atoms with van der Waals surface area (Å²) in [5.41, 5.74) is 4.34. The first kappa shape index (κ1) is 22.3. The quantitative estimate of drug-likeness (QED) is 0.648. The number of hydrogen-bond donors (Lipinski definition) is 3. The van der Waals surface area contributed by atoms with Crippen LogP contribution in [0.1, 0.15) is 42.4 Å². The van der Waals surface area contributed by atoms with Gasteiger partial charge in [-0.25, -0.2) is 0 Å². The van der Waals surface area contributed by atoms with E-state index in [4.69, 9.17) is 4.74 Å². The minimum Gasteiger partial charge on any atom is -0.495 e. The van der Waals surface area contributed by atoms with Crippen LogP contribution in [0.3, 0.4) is 0 Å². The van der Waals surface area contributed by atoms with E-state index in [0.717, 1.165) is 49.9 Å². The Kier molecular flexibility index (Phi) is 7.10. The summed E-state index contributed by atoms with van der Waals surface area (Å²) in [4.78, 5) is 25.4. The van der Waals surface area contributed by atoms with Gasteiger partial charge < -0.3 is 20.7 Å². The number of anilines is 1. The van der Waals surface area contributed by atoms with Gasteiger partial charge in [0, 0.05) is 19.0 Å². The molecule has 0 aromatic heterocycles. The van der Waals surface area contributed by atoms with Crippen LogP contribution >= 0.6 is 0 Å². The predicted octanol–water partition coefficient (Wildman–Crippen LogP) is 3.58. The molecule has 0 saturated heterocycles. The van der Waals surface area contributed by atoms with Crippen LogP contribution in [-0.2, 0) is 22.6 Å². The van der Waals surface area contributed by atoms with Gasteiger partial charge in [-0.05, 0) is 73.8 Å². The van der Waals surface area contributed by atoms with Gasteiger partial charge >= 0.3 is 0 Å². The molecule has 1 unspecified atom stereocenters. The topological polar surface area (TPSA) is 79.5 Å². The van der Waals surface area contributed by atoms with E-state index in [1.54, 1.807) is 7.11 Å². The molecule has 1 fully saturated rings. The average Bonchev–Trinajstić information content (AvgIpc) is 2.82. The van der Waals surface area contributed by atoms with Gasteiger partial charge in [-0.1, -0.05) is 30.3 Å². The lowest BCUT2D eigenvalue weighted by molar-refractivity contribution is -0.124. The van der Waals surface area contributed by atoms with Crippen LogP contribution in [0, 0.1) is 18.8 Å². The number of carbonyl (C=O) groups is 2. The number of benzene rings is 2. The Balaban J connectivity index is 1.22. The Morgan fingerprint density at radius 2 is 1.78 bits per heavy atom. The zero-order valence-electron chi connectivity index (χ0n) is 18.9. The van der Waals surface area contributed by atoms with Crippen LogP contribution < -0.4 is 20.7 Å². The monoisotopic (exact) mass is 435 g/mol. The Hall–Kier alpha value is -2.86. The van der Waals surface area contributed by atoms with Crippen molar-refractivity contribution in [2.24, 2.45) is 11.8 Å². The molecule has 0 bridgehead atoms. The predicted molar refractivity (Wildman–Crippen MR) is 126 cm³/mol. The van der Waals surface area contributed by atoms with E-state index in [1.165, 1.54) is 11.1 Å². The van der Waals surface area contributed by atoms with E-state index in [-0.39, 0.29) is 23.8 Å². The summed E-state index contributed by atoms with van der Waals surface area (Å²) >= 11 is 0. The second kappa shape index (κ2) is 10.2. The van der Waals surface area contributed by atoms with E-state index < -0.39 is 0 Å². The molecule has 1 heterocycles. The van der Waals surface area contributed by atoms with Crippen molar-refractivity contribution in [2.75, 3.05) is 19.0 Å². The Bertz CT molecular complexity index is 967. The molecular formula is C26H33N3O3. The minimum absolute atomic E-state index is 0.00341. The standard InChI is InChI=1S/C26H33N3O3/c1-17-7-12-24(32-2)22(13-17)29-25(30)19-10-8-18(9-11-19)15-28-26(31)23-14-20-5-3-4-6-21(20)16-27-23/h3-7,12-13,18-19,23,27H,8-11,14-16H2,1-2H3,(H,28,31)(H,29,30). The van der Waals surface area contributed by atoms with E-state index in [2.05, 4.69) is 28.1 Å². The normalized spacial score (nSPS) is 22.5. The molecule has 32 heavy (non-hydrogen) atoms. The average molecular weight is 436 g/mol.